The van der Waals surface area contributed by atoms with E-state index >= 15 is 0 Å². The summed E-state index contributed by atoms with van der Waals surface area (Å²) in [6, 6.07) is 3.87. The number of rotatable bonds is 5. The number of amides is 1. The van der Waals surface area contributed by atoms with E-state index in [1.54, 1.807) is 4.31 Å². The number of hydrogen-bond donors (Lipinski definition) is 0. The lowest BCUT2D eigenvalue weighted by molar-refractivity contribution is -0.138. The topological polar surface area (TPSA) is 60.9 Å². The number of piperazine rings is 1. The van der Waals surface area contributed by atoms with Gasteiger partial charge in [-0.2, -0.15) is 4.31 Å². The maximum absolute atomic E-state index is 13.3. The van der Waals surface area contributed by atoms with Crippen molar-refractivity contribution in [3.05, 3.63) is 28.8 Å². The maximum Gasteiger partial charge on any atom is 0.243 e. The van der Waals surface area contributed by atoms with Gasteiger partial charge in [-0.3, -0.25) is 9.69 Å². The third kappa shape index (κ3) is 5.63. The van der Waals surface area contributed by atoms with Crippen LogP contribution in [-0.2, 0) is 14.8 Å². The number of aryl methyl sites for hydroxylation is 3. The van der Waals surface area contributed by atoms with Crippen molar-refractivity contribution in [2.24, 2.45) is 11.8 Å². The first-order chi connectivity index (χ1) is 15.8. The highest BCUT2D eigenvalue weighted by Crippen LogP contribution is 2.30. The lowest BCUT2D eigenvalue weighted by Gasteiger charge is -2.39. The Morgan fingerprint density at radius 2 is 1.42 bits per heavy atom. The molecule has 2 heterocycles. The van der Waals surface area contributed by atoms with Gasteiger partial charge in [-0.1, -0.05) is 37.0 Å². The van der Waals surface area contributed by atoms with Gasteiger partial charge < -0.3 is 4.90 Å². The molecule has 0 N–H and O–H groups in total. The van der Waals surface area contributed by atoms with Crippen molar-refractivity contribution in [2.75, 3.05) is 45.8 Å². The van der Waals surface area contributed by atoms with Crippen molar-refractivity contribution < 1.29 is 13.2 Å². The standard InChI is InChI=1S/C26H41N3O3S/c1-20-17-21(2)25(22(3)18-20)33(31,32)29-11-9-24(10-12-29)26(30)28-15-13-27(14-16-28)19-23-7-5-4-6-8-23/h17-18,23-24H,4-16,19H2,1-3H3. The summed E-state index contributed by atoms with van der Waals surface area (Å²) in [5.41, 5.74) is 2.68. The van der Waals surface area contributed by atoms with Crippen LogP contribution in [0.1, 0.15) is 61.6 Å². The summed E-state index contributed by atoms with van der Waals surface area (Å²) in [5.74, 6) is 1.02. The molecular weight excluding hydrogens is 434 g/mol. The number of nitrogens with zero attached hydrogens (tertiary/aromatic N) is 3. The predicted molar refractivity (Wildman–Crippen MR) is 132 cm³/mol. The zero-order chi connectivity index (χ0) is 23.6. The fourth-order valence-corrected chi connectivity index (χ4v) is 8.07. The molecule has 33 heavy (non-hydrogen) atoms. The van der Waals surface area contributed by atoms with Crippen molar-refractivity contribution in [1.82, 2.24) is 14.1 Å². The van der Waals surface area contributed by atoms with Crippen molar-refractivity contribution in [3.63, 3.8) is 0 Å². The number of hydrogen-bond acceptors (Lipinski definition) is 4. The quantitative estimate of drug-likeness (QED) is 0.651. The molecule has 6 nitrogen and oxygen atoms in total. The Balaban J connectivity index is 1.29. The third-order valence-electron chi connectivity index (χ3n) is 7.93. The van der Waals surface area contributed by atoms with Gasteiger partial charge in [0.25, 0.3) is 0 Å². The zero-order valence-corrected chi connectivity index (χ0v) is 21.5. The minimum Gasteiger partial charge on any atom is -0.340 e. The van der Waals surface area contributed by atoms with E-state index in [1.165, 1.54) is 38.6 Å². The SMILES string of the molecule is Cc1cc(C)c(S(=O)(=O)N2CCC(C(=O)N3CCN(CC4CCCCC4)CC3)CC2)c(C)c1. The van der Waals surface area contributed by atoms with Crippen LogP contribution < -0.4 is 0 Å². The molecule has 2 aliphatic heterocycles. The molecule has 4 rings (SSSR count). The lowest BCUT2D eigenvalue weighted by Crippen LogP contribution is -2.52. The van der Waals surface area contributed by atoms with Crippen LogP contribution in [0.3, 0.4) is 0 Å². The maximum atomic E-state index is 13.3. The third-order valence-corrected chi connectivity index (χ3v) is 10.1. The Hall–Kier alpha value is -1.44. The highest BCUT2D eigenvalue weighted by molar-refractivity contribution is 7.89. The van der Waals surface area contributed by atoms with Crippen molar-refractivity contribution in [2.45, 2.75) is 70.6 Å². The molecule has 1 aliphatic carbocycles. The van der Waals surface area contributed by atoms with E-state index in [0.717, 1.165) is 48.8 Å². The molecule has 2 saturated heterocycles. The number of benzene rings is 1. The van der Waals surface area contributed by atoms with Crippen LogP contribution in [0.5, 0.6) is 0 Å². The lowest BCUT2D eigenvalue weighted by atomic mass is 9.89. The van der Waals surface area contributed by atoms with Crippen molar-refractivity contribution in [1.29, 1.82) is 0 Å². The first-order valence-electron chi connectivity index (χ1n) is 12.8. The van der Waals surface area contributed by atoms with Crippen LogP contribution >= 0.6 is 0 Å². The average Bonchev–Trinajstić information content (AvgIpc) is 2.79. The molecule has 3 aliphatic rings. The number of piperidine rings is 1. The van der Waals surface area contributed by atoms with E-state index in [1.807, 2.05) is 37.8 Å². The molecule has 184 valence electrons. The Kier molecular flexibility index (Phi) is 7.81. The van der Waals surface area contributed by atoms with Crippen LogP contribution in [0.2, 0.25) is 0 Å². The summed E-state index contributed by atoms with van der Waals surface area (Å²) in [6.07, 6.45) is 8.10. The van der Waals surface area contributed by atoms with Gasteiger partial charge in [0.1, 0.15) is 0 Å². The Morgan fingerprint density at radius 1 is 0.848 bits per heavy atom. The fraction of sp³-hybridized carbons (Fsp3) is 0.731. The van der Waals surface area contributed by atoms with Gasteiger partial charge >= 0.3 is 0 Å². The van der Waals surface area contributed by atoms with Crippen LogP contribution in [0.25, 0.3) is 0 Å². The van der Waals surface area contributed by atoms with E-state index in [-0.39, 0.29) is 11.8 Å². The molecular formula is C26H41N3O3S. The second kappa shape index (κ2) is 10.4. The van der Waals surface area contributed by atoms with Crippen molar-refractivity contribution >= 4 is 15.9 Å². The van der Waals surface area contributed by atoms with Gasteiger partial charge in [0.05, 0.1) is 4.90 Å². The predicted octanol–water partition coefficient (Wildman–Crippen LogP) is 3.74. The van der Waals surface area contributed by atoms with Crippen LogP contribution in [-0.4, -0.2) is 74.2 Å². The smallest absolute Gasteiger partial charge is 0.243 e. The van der Waals surface area contributed by atoms with E-state index < -0.39 is 10.0 Å². The molecule has 0 spiro atoms. The van der Waals surface area contributed by atoms with Gasteiger partial charge in [0.2, 0.25) is 15.9 Å². The molecule has 1 aromatic carbocycles. The molecule has 0 radical (unpaired) electrons. The summed E-state index contributed by atoms with van der Waals surface area (Å²) in [6.45, 7) is 11.3. The minimum atomic E-state index is -3.53. The number of carbonyl (C=O) groups is 1. The molecule has 0 atom stereocenters. The Morgan fingerprint density at radius 3 is 2.00 bits per heavy atom. The van der Waals surface area contributed by atoms with Gasteiger partial charge in [0, 0.05) is 51.7 Å². The summed E-state index contributed by atoms with van der Waals surface area (Å²) in [5, 5.41) is 0. The molecule has 1 aromatic rings. The van der Waals surface area contributed by atoms with Crippen LogP contribution in [0.4, 0.5) is 0 Å². The van der Waals surface area contributed by atoms with Gasteiger partial charge in [-0.25, -0.2) is 8.42 Å². The van der Waals surface area contributed by atoms with Crippen molar-refractivity contribution in [3.8, 4) is 0 Å². The van der Waals surface area contributed by atoms with Gasteiger partial charge in [0.15, 0.2) is 0 Å². The molecule has 1 saturated carbocycles. The first kappa shape index (κ1) is 24.7. The summed E-state index contributed by atoms with van der Waals surface area (Å²) >= 11 is 0. The number of sulfonamides is 1. The monoisotopic (exact) mass is 475 g/mol. The molecule has 1 amide bonds. The Bertz CT molecular complexity index is 917. The minimum absolute atomic E-state index is 0.0541. The van der Waals surface area contributed by atoms with E-state index in [0.29, 0.717) is 30.8 Å². The van der Waals surface area contributed by atoms with E-state index in [2.05, 4.69) is 4.90 Å². The van der Waals surface area contributed by atoms with Crippen LogP contribution in [0, 0.1) is 32.6 Å². The second-order valence-corrected chi connectivity index (χ2v) is 12.4. The zero-order valence-electron chi connectivity index (χ0n) is 20.7. The molecule has 0 bridgehead atoms. The van der Waals surface area contributed by atoms with E-state index in [9.17, 15) is 13.2 Å². The molecule has 0 aromatic heterocycles. The second-order valence-electron chi connectivity index (χ2n) is 10.5. The van der Waals surface area contributed by atoms with E-state index in [4.69, 9.17) is 0 Å². The Labute approximate surface area is 200 Å². The normalized spacial score (nSPS) is 22.6. The van der Waals surface area contributed by atoms with Gasteiger partial charge in [-0.05, 0) is 63.5 Å². The summed E-state index contributed by atoms with van der Waals surface area (Å²) < 4.78 is 28.3. The van der Waals surface area contributed by atoms with Gasteiger partial charge in [-0.15, -0.1) is 0 Å². The highest BCUT2D eigenvalue weighted by atomic mass is 32.2. The highest BCUT2D eigenvalue weighted by Gasteiger charge is 2.36. The number of carbonyl (C=O) groups excluding carboxylic acids is 1. The first-order valence-corrected chi connectivity index (χ1v) is 14.3. The fourth-order valence-electron chi connectivity index (χ4n) is 6.19. The summed E-state index contributed by atoms with van der Waals surface area (Å²) in [4.78, 5) is 18.2. The summed E-state index contributed by atoms with van der Waals surface area (Å²) in [7, 11) is -3.53. The molecule has 0 unspecified atom stereocenters. The molecule has 7 heteroatoms. The largest absolute Gasteiger partial charge is 0.340 e. The molecule has 3 fully saturated rings. The van der Waals surface area contributed by atoms with Crippen LogP contribution in [0.15, 0.2) is 17.0 Å². The average molecular weight is 476 g/mol.